The number of fused-ring (bicyclic) bond motifs is 1. The molecule has 0 aromatic heterocycles. The number of halogens is 3. The number of nitrogens with zero attached hydrogens (tertiary/aromatic N) is 1. The summed E-state index contributed by atoms with van der Waals surface area (Å²) in [4.78, 5) is 1.90. The molecule has 3 aromatic carbocycles. The maximum absolute atomic E-state index is 14.0. The maximum Gasteiger partial charge on any atom is 0.294 e. The Bertz CT molecular complexity index is 1270. The van der Waals surface area contributed by atoms with Crippen LogP contribution in [0.3, 0.4) is 0 Å². The molecule has 168 valence electrons. The lowest BCUT2D eigenvalue weighted by Crippen LogP contribution is -2.30. The number of ether oxygens (including phenoxy) is 1. The second-order valence-corrected chi connectivity index (χ2v) is 9.36. The number of hydrogen-bond donors (Lipinski definition) is 1. The van der Waals surface area contributed by atoms with Crippen molar-refractivity contribution >= 4 is 27.4 Å². The Morgan fingerprint density at radius 1 is 1.06 bits per heavy atom. The monoisotopic (exact) mass is 479 g/mol. The van der Waals surface area contributed by atoms with Gasteiger partial charge in [0.15, 0.2) is 0 Å². The average Bonchev–Trinajstić information content (AvgIpc) is 2.73. The summed E-state index contributed by atoms with van der Waals surface area (Å²) >= 11 is 6.19. The Balaban J connectivity index is 1.61. The molecule has 1 N–H and O–H groups in total. The van der Waals surface area contributed by atoms with Crippen LogP contribution in [0.25, 0.3) is 0 Å². The summed E-state index contributed by atoms with van der Waals surface area (Å²) in [5.74, 6) is -0.870. The van der Waals surface area contributed by atoms with Crippen LogP contribution in [-0.2, 0) is 29.7 Å². The van der Waals surface area contributed by atoms with E-state index in [1.54, 1.807) is 24.3 Å². The van der Waals surface area contributed by atoms with Crippen LogP contribution in [0.2, 0.25) is 5.02 Å². The van der Waals surface area contributed by atoms with Gasteiger partial charge in [-0.25, -0.2) is 8.78 Å². The number of hydrogen-bond acceptors (Lipinski definition) is 4. The molecule has 0 aliphatic carbocycles. The van der Waals surface area contributed by atoms with Crippen LogP contribution in [0.4, 0.5) is 14.5 Å². The molecule has 4 rings (SSSR count). The Labute approximate surface area is 190 Å². The van der Waals surface area contributed by atoms with Crippen molar-refractivity contribution in [3.8, 4) is 5.75 Å². The van der Waals surface area contributed by atoms with Crippen LogP contribution in [-0.4, -0.2) is 19.5 Å². The van der Waals surface area contributed by atoms with E-state index in [9.17, 15) is 21.8 Å². The molecule has 0 atom stereocenters. The fourth-order valence-electron chi connectivity index (χ4n) is 3.89. The number of rotatable bonds is 6. The maximum atomic E-state index is 14.0. The van der Waals surface area contributed by atoms with Gasteiger partial charge in [0.25, 0.3) is 10.1 Å². The zero-order valence-corrected chi connectivity index (χ0v) is 18.5. The predicted octanol–water partition coefficient (Wildman–Crippen LogP) is 5.40. The minimum atomic E-state index is -4.34. The highest BCUT2D eigenvalue weighted by Crippen LogP contribution is 2.35. The lowest BCUT2D eigenvalue weighted by molar-refractivity contribution is 0.296. The van der Waals surface area contributed by atoms with E-state index in [-0.39, 0.29) is 17.1 Å². The topological polar surface area (TPSA) is 66.8 Å². The molecule has 0 radical (unpaired) electrons. The second-order valence-electron chi connectivity index (χ2n) is 7.53. The molecule has 0 fully saturated rings. The zero-order valence-electron chi connectivity index (χ0n) is 16.9. The molecule has 1 aliphatic rings. The number of anilines is 1. The van der Waals surface area contributed by atoms with Crippen molar-refractivity contribution in [2.45, 2.75) is 30.9 Å². The van der Waals surface area contributed by atoms with Gasteiger partial charge in [-0.1, -0.05) is 17.7 Å². The van der Waals surface area contributed by atoms with E-state index in [2.05, 4.69) is 0 Å². The largest absolute Gasteiger partial charge is 0.488 e. The molecular formula is C23H20ClF2NO4S. The lowest BCUT2D eigenvalue weighted by Gasteiger charge is -2.32. The van der Waals surface area contributed by atoms with Crippen LogP contribution >= 0.6 is 11.6 Å². The number of benzene rings is 3. The molecule has 32 heavy (non-hydrogen) atoms. The first-order chi connectivity index (χ1) is 15.2. The molecule has 1 aliphatic heterocycles. The van der Waals surface area contributed by atoms with Crippen molar-refractivity contribution in [2.75, 3.05) is 11.4 Å². The Morgan fingerprint density at radius 3 is 2.62 bits per heavy atom. The highest BCUT2D eigenvalue weighted by atomic mass is 35.5. The first-order valence-corrected chi connectivity index (χ1v) is 11.7. The van der Waals surface area contributed by atoms with Gasteiger partial charge in [-0.3, -0.25) is 4.55 Å². The van der Waals surface area contributed by atoms with Gasteiger partial charge in [-0.2, -0.15) is 8.42 Å². The molecule has 0 spiro atoms. The van der Waals surface area contributed by atoms with Crippen LogP contribution in [0, 0.1) is 11.6 Å². The van der Waals surface area contributed by atoms with Crippen molar-refractivity contribution in [3.05, 3.63) is 87.9 Å². The second kappa shape index (κ2) is 9.05. The third kappa shape index (κ3) is 4.87. The molecular weight excluding hydrogens is 460 g/mol. The summed E-state index contributed by atoms with van der Waals surface area (Å²) in [5.41, 5.74) is 2.22. The molecule has 0 unspecified atom stereocenters. The summed E-state index contributed by atoms with van der Waals surface area (Å²) in [7, 11) is -4.34. The van der Waals surface area contributed by atoms with Gasteiger partial charge in [0.05, 0.1) is 4.90 Å². The quantitative estimate of drug-likeness (QED) is 0.480. The van der Waals surface area contributed by atoms with Crippen LogP contribution in [0.5, 0.6) is 5.75 Å². The van der Waals surface area contributed by atoms with Gasteiger partial charge in [0, 0.05) is 41.0 Å². The minimum absolute atomic E-state index is 0.0888. The average molecular weight is 480 g/mol. The van der Waals surface area contributed by atoms with Crippen LogP contribution in [0.15, 0.2) is 59.5 Å². The zero-order chi connectivity index (χ0) is 22.9. The van der Waals surface area contributed by atoms with E-state index in [0.29, 0.717) is 48.0 Å². The Morgan fingerprint density at radius 2 is 1.88 bits per heavy atom. The van der Waals surface area contributed by atoms with Crippen LogP contribution < -0.4 is 9.64 Å². The van der Waals surface area contributed by atoms with Crippen molar-refractivity contribution in [1.29, 1.82) is 0 Å². The summed E-state index contributed by atoms with van der Waals surface area (Å²) in [6.07, 6.45) is 1.24. The van der Waals surface area contributed by atoms with Crippen molar-refractivity contribution in [2.24, 2.45) is 0 Å². The van der Waals surface area contributed by atoms with E-state index in [4.69, 9.17) is 16.3 Å². The van der Waals surface area contributed by atoms with Gasteiger partial charge in [0.1, 0.15) is 24.0 Å². The minimum Gasteiger partial charge on any atom is -0.488 e. The SMILES string of the molecule is O=S(=O)(O)c1cccc2c1CCCN2Cc1cc(Cl)ccc1OCc1ccc(F)cc1F. The van der Waals surface area contributed by atoms with Gasteiger partial charge in [0.2, 0.25) is 0 Å². The summed E-state index contributed by atoms with van der Waals surface area (Å²) in [6, 6.07) is 13.2. The third-order valence-electron chi connectivity index (χ3n) is 5.36. The highest BCUT2D eigenvalue weighted by molar-refractivity contribution is 7.85. The third-order valence-corrected chi connectivity index (χ3v) is 6.54. The van der Waals surface area contributed by atoms with E-state index < -0.39 is 21.8 Å². The molecule has 0 saturated heterocycles. The summed E-state index contributed by atoms with van der Waals surface area (Å²) in [5, 5.41) is 0.490. The molecule has 0 bridgehead atoms. The Hall–Kier alpha value is -2.68. The standard InChI is InChI=1S/C23H20ClF2NO4S/c24-17-7-9-22(31-14-15-6-8-18(25)12-20(15)26)16(11-17)13-27-10-2-3-19-21(27)4-1-5-23(19)32(28,29)30/h1,4-9,11-12H,2-3,10,13-14H2,(H,28,29,30). The summed E-state index contributed by atoms with van der Waals surface area (Å²) in [6.45, 7) is 0.939. The molecule has 1 heterocycles. The van der Waals surface area contributed by atoms with E-state index in [0.717, 1.165) is 11.6 Å². The molecule has 0 amide bonds. The molecule has 9 heteroatoms. The van der Waals surface area contributed by atoms with Gasteiger partial charge < -0.3 is 9.64 Å². The molecule has 0 saturated carbocycles. The fourth-order valence-corrected chi connectivity index (χ4v) is 4.85. The first-order valence-electron chi connectivity index (χ1n) is 9.92. The smallest absolute Gasteiger partial charge is 0.294 e. The van der Waals surface area contributed by atoms with Gasteiger partial charge >= 0.3 is 0 Å². The summed E-state index contributed by atoms with van der Waals surface area (Å²) < 4.78 is 66.1. The van der Waals surface area contributed by atoms with E-state index in [1.165, 1.54) is 18.2 Å². The van der Waals surface area contributed by atoms with Gasteiger partial charge in [-0.05, 0) is 60.9 Å². The first kappa shape index (κ1) is 22.5. The van der Waals surface area contributed by atoms with Crippen molar-refractivity contribution in [3.63, 3.8) is 0 Å². The van der Waals surface area contributed by atoms with E-state index in [1.807, 2.05) is 11.0 Å². The van der Waals surface area contributed by atoms with Crippen molar-refractivity contribution < 1.29 is 26.5 Å². The lowest BCUT2D eigenvalue weighted by atomic mass is 10.0. The Kier molecular flexibility index (Phi) is 6.37. The molecule has 3 aromatic rings. The molecule has 5 nitrogen and oxygen atoms in total. The van der Waals surface area contributed by atoms with Crippen LogP contribution in [0.1, 0.15) is 23.1 Å². The predicted molar refractivity (Wildman–Crippen MR) is 118 cm³/mol. The van der Waals surface area contributed by atoms with Gasteiger partial charge in [-0.15, -0.1) is 0 Å². The fraction of sp³-hybridized carbons (Fsp3) is 0.217. The highest BCUT2D eigenvalue weighted by Gasteiger charge is 2.25. The normalized spacial score (nSPS) is 13.7. The van der Waals surface area contributed by atoms with Crippen molar-refractivity contribution in [1.82, 2.24) is 0 Å². The van der Waals surface area contributed by atoms with E-state index >= 15 is 0 Å².